The van der Waals surface area contributed by atoms with Gasteiger partial charge in [-0.2, -0.15) is 0 Å². The van der Waals surface area contributed by atoms with Crippen molar-refractivity contribution in [3.05, 3.63) is 59.5 Å². The van der Waals surface area contributed by atoms with Crippen molar-refractivity contribution < 1.29 is 9.21 Å². The van der Waals surface area contributed by atoms with Gasteiger partial charge < -0.3 is 15.5 Å². The molecular weight excluding hydrogens is 252 g/mol. The molecule has 1 unspecified atom stereocenters. The number of hydrogen-bond acceptors (Lipinski definition) is 3. The van der Waals surface area contributed by atoms with Crippen LogP contribution in [0.3, 0.4) is 0 Å². The van der Waals surface area contributed by atoms with Crippen molar-refractivity contribution in [3.63, 3.8) is 0 Å². The molecule has 1 aromatic carbocycles. The van der Waals surface area contributed by atoms with Crippen molar-refractivity contribution in [3.8, 4) is 0 Å². The monoisotopic (exact) mass is 272 g/mol. The molecule has 0 aliphatic carbocycles. The average molecular weight is 272 g/mol. The molecule has 2 aromatic rings. The normalized spacial score (nSPS) is 12.1. The smallest absolute Gasteiger partial charge is 0.224 e. The Kier molecular flexibility index (Phi) is 4.96. The molecule has 0 saturated heterocycles. The highest BCUT2D eigenvalue weighted by atomic mass is 16.3. The number of benzene rings is 1. The number of nitrogens with two attached hydrogens (primary N) is 1. The van der Waals surface area contributed by atoms with Crippen LogP contribution in [0.5, 0.6) is 0 Å². The molecule has 1 atom stereocenters. The highest BCUT2D eigenvalue weighted by Gasteiger charge is 2.11. The Morgan fingerprint density at radius 3 is 2.65 bits per heavy atom. The van der Waals surface area contributed by atoms with Gasteiger partial charge >= 0.3 is 0 Å². The van der Waals surface area contributed by atoms with E-state index >= 15 is 0 Å². The largest absolute Gasteiger partial charge is 0.469 e. The third-order valence-electron chi connectivity index (χ3n) is 3.18. The fraction of sp³-hybridized carbons (Fsp3) is 0.312. The van der Waals surface area contributed by atoms with Gasteiger partial charge in [-0.15, -0.1) is 0 Å². The maximum absolute atomic E-state index is 12.0. The summed E-state index contributed by atoms with van der Waals surface area (Å²) in [5.74, 6) is 0.880. The second-order valence-corrected chi connectivity index (χ2v) is 4.90. The van der Waals surface area contributed by atoms with E-state index in [-0.39, 0.29) is 11.9 Å². The van der Waals surface area contributed by atoms with E-state index in [1.807, 2.05) is 43.3 Å². The van der Waals surface area contributed by atoms with Crippen LogP contribution >= 0.6 is 0 Å². The minimum atomic E-state index is 0.00459. The van der Waals surface area contributed by atoms with Crippen molar-refractivity contribution in [1.29, 1.82) is 0 Å². The van der Waals surface area contributed by atoms with E-state index in [4.69, 9.17) is 10.2 Å². The first-order valence-electron chi connectivity index (χ1n) is 6.77. The number of hydrogen-bond donors (Lipinski definition) is 2. The van der Waals surface area contributed by atoms with Gasteiger partial charge in [0.25, 0.3) is 0 Å². The number of rotatable bonds is 6. The summed E-state index contributed by atoms with van der Waals surface area (Å²) in [7, 11) is 0. The zero-order chi connectivity index (χ0) is 14.4. The van der Waals surface area contributed by atoms with Crippen molar-refractivity contribution in [2.75, 3.05) is 0 Å². The maximum Gasteiger partial charge on any atom is 0.224 e. The Labute approximate surface area is 119 Å². The van der Waals surface area contributed by atoms with Crippen LogP contribution in [0.4, 0.5) is 0 Å². The molecule has 0 saturated carbocycles. The topological polar surface area (TPSA) is 68.3 Å². The molecule has 2 rings (SSSR count). The zero-order valence-corrected chi connectivity index (χ0v) is 11.6. The Balaban J connectivity index is 1.88. The highest BCUT2D eigenvalue weighted by molar-refractivity contribution is 5.79. The van der Waals surface area contributed by atoms with Gasteiger partial charge in [0.05, 0.1) is 12.7 Å². The highest BCUT2D eigenvalue weighted by Crippen LogP contribution is 2.09. The SMILES string of the molecule is CC(Cc1ccco1)NC(=O)Cc1ccccc1CN. The molecule has 4 heteroatoms. The standard InChI is InChI=1S/C16H20N2O2/c1-12(9-15-7-4-8-20-15)18-16(19)10-13-5-2-3-6-14(13)11-17/h2-8,12H,9-11,17H2,1H3,(H,18,19). The van der Waals surface area contributed by atoms with Gasteiger partial charge in [-0.1, -0.05) is 24.3 Å². The van der Waals surface area contributed by atoms with Crippen LogP contribution in [0, 0.1) is 0 Å². The van der Waals surface area contributed by atoms with E-state index in [0.717, 1.165) is 16.9 Å². The average Bonchev–Trinajstić information content (AvgIpc) is 2.91. The summed E-state index contributed by atoms with van der Waals surface area (Å²) in [6, 6.07) is 11.6. The maximum atomic E-state index is 12.0. The van der Waals surface area contributed by atoms with E-state index in [9.17, 15) is 4.79 Å². The van der Waals surface area contributed by atoms with Crippen molar-refractivity contribution in [1.82, 2.24) is 5.32 Å². The molecule has 0 aliphatic rings. The molecule has 1 heterocycles. The first-order chi connectivity index (χ1) is 9.69. The van der Waals surface area contributed by atoms with Crippen LogP contribution in [-0.4, -0.2) is 11.9 Å². The zero-order valence-electron chi connectivity index (χ0n) is 11.6. The van der Waals surface area contributed by atoms with Gasteiger partial charge in [0.15, 0.2) is 0 Å². The second-order valence-electron chi connectivity index (χ2n) is 4.90. The van der Waals surface area contributed by atoms with Crippen LogP contribution in [0.15, 0.2) is 47.1 Å². The van der Waals surface area contributed by atoms with Gasteiger partial charge in [-0.05, 0) is 30.2 Å². The van der Waals surface area contributed by atoms with E-state index in [1.54, 1.807) is 6.26 Å². The molecule has 1 aromatic heterocycles. The van der Waals surface area contributed by atoms with Gasteiger partial charge in [-0.3, -0.25) is 4.79 Å². The van der Waals surface area contributed by atoms with E-state index in [2.05, 4.69) is 5.32 Å². The summed E-state index contributed by atoms with van der Waals surface area (Å²) in [6.45, 7) is 2.42. The van der Waals surface area contributed by atoms with Crippen molar-refractivity contribution in [2.24, 2.45) is 5.73 Å². The molecule has 106 valence electrons. The van der Waals surface area contributed by atoms with Crippen LogP contribution in [0.2, 0.25) is 0 Å². The fourth-order valence-electron chi connectivity index (χ4n) is 2.21. The molecule has 0 spiro atoms. The summed E-state index contributed by atoms with van der Waals surface area (Å²) in [4.78, 5) is 12.0. The molecule has 20 heavy (non-hydrogen) atoms. The van der Waals surface area contributed by atoms with E-state index in [0.29, 0.717) is 19.4 Å². The lowest BCUT2D eigenvalue weighted by Gasteiger charge is -2.13. The molecule has 0 bridgehead atoms. The van der Waals surface area contributed by atoms with E-state index in [1.165, 1.54) is 0 Å². The third-order valence-corrected chi connectivity index (χ3v) is 3.18. The first-order valence-corrected chi connectivity index (χ1v) is 6.77. The molecule has 0 aliphatic heterocycles. The first kappa shape index (κ1) is 14.3. The number of amides is 1. The third kappa shape index (κ3) is 3.96. The molecule has 4 nitrogen and oxygen atoms in total. The molecule has 0 radical (unpaired) electrons. The van der Waals surface area contributed by atoms with Crippen molar-refractivity contribution in [2.45, 2.75) is 32.4 Å². The molecule has 1 amide bonds. The van der Waals surface area contributed by atoms with Gasteiger partial charge in [0.2, 0.25) is 5.91 Å². The van der Waals surface area contributed by atoms with Crippen LogP contribution in [0.25, 0.3) is 0 Å². The lowest BCUT2D eigenvalue weighted by Crippen LogP contribution is -2.35. The Morgan fingerprint density at radius 2 is 2.00 bits per heavy atom. The van der Waals surface area contributed by atoms with Crippen LogP contribution in [-0.2, 0) is 24.2 Å². The summed E-state index contributed by atoms with van der Waals surface area (Å²) < 4.78 is 5.27. The number of carbonyl (C=O) groups is 1. The van der Waals surface area contributed by atoms with Crippen LogP contribution in [0.1, 0.15) is 23.8 Å². The predicted octanol–water partition coefficient (Wildman–Crippen LogP) is 2.03. The number of furan rings is 1. The predicted molar refractivity (Wildman–Crippen MR) is 78.1 cm³/mol. The van der Waals surface area contributed by atoms with E-state index < -0.39 is 0 Å². The second kappa shape index (κ2) is 6.91. The number of carbonyl (C=O) groups excluding carboxylic acids is 1. The van der Waals surface area contributed by atoms with Crippen LogP contribution < -0.4 is 11.1 Å². The summed E-state index contributed by atoms with van der Waals surface area (Å²) in [6.07, 6.45) is 2.69. The molecule has 0 fully saturated rings. The Morgan fingerprint density at radius 1 is 1.25 bits per heavy atom. The number of nitrogens with one attached hydrogen (secondary N) is 1. The summed E-state index contributed by atoms with van der Waals surface area (Å²) >= 11 is 0. The molecular formula is C16H20N2O2. The summed E-state index contributed by atoms with van der Waals surface area (Å²) in [5.41, 5.74) is 7.67. The summed E-state index contributed by atoms with van der Waals surface area (Å²) in [5, 5.41) is 2.98. The lowest BCUT2D eigenvalue weighted by molar-refractivity contribution is -0.121. The quantitative estimate of drug-likeness (QED) is 0.845. The lowest BCUT2D eigenvalue weighted by atomic mass is 10.0. The Hall–Kier alpha value is -2.07. The minimum absolute atomic E-state index is 0.00459. The Bertz CT molecular complexity index is 549. The fourth-order valence-corrected chi connectivity index (χ4v) is 2.21. The van der Waals surface area contributed by atoms with Gasteiger partial charge in [0, 0.05) is 19.0 Å². The minimum Gasteiger partial charge on any atom is -0.469 e. The van der Waals surface area contributed by atoms with Crippen molar-refractivity contribution >= 4 is 5.91 Å². The van der Waals surface area contributed by atoms with Gasteiger partial charge in [-0.25, -0.2) is 0 Å². The molecule has 3 N–H and O–H groups in total. The van der Waals surface area contributed by atoms with Gasteiger partial charge in [0.1, 0.15) is 5.76 Å².